The largest absolute Gasteiger partial charge is 0.339 e. The molecule has 0 aliphatic rings. The van der Waals surface area contributed by atoms with Crippen molar-refractivity contribution in [1.82, 2.24) is 19.7 Å². The van der Waals surface area contributed by atoms with Crippen molar-refractivity contribution in [3.05, 3.63) is 84.0 Å². The number of hydrogen-bond donors (Lipinski definition) is 1. The Morgan fingerprint density at radius 3 is 2.58 bits per heavy atom. The lowest BCUT2D eigenvalue weighted by Crippen LogP contribution is -2.16. The molecule has 0 unspecified atom stereocenters. The van der Waals surface area contributed by atoms with Crippen LogP contribution in [-0.2, 0) is 17.8 Å². The SMILES string of the molecule is CC(C)c1noc(CCCC(=O)Nc2c(-c3ccc(F)cc3)ncn2Cc2ccccc2)n1. The van der Waals surface area contributed by atoms with Gasteiger partial charge in [0.1, 0.15) is 17.3 Å². The summed E-state index contributed by atoms with van der Waals surface area (Å²) >= 11 is 0. The molecule has 0 aliphatic carbocycles. The van der Waals surface area contributed by atoms with Crippen molar-refractivity contribution in [2.24, 2.45) is 0 Å². The third kappa shape index (κ3) is 5.71. The van der Waals surface area contributed by atoms with E-state index in [9.17, 15) is 9.18 Å². The number of imidazole rings is 1. The van der Waals surface area contributed by atoms with Gasteiger partial charge in [-0.25, -0.2) is 9.37 Å². The van der Waals surface area contributed by atoms with Crippen LogP contribution in [0.4, 0.5) is 10.2 Å². The van der Waals surface area contributed by atoms with E-state index in [1.54, 1.807) is 18.5 Å². The first-order chi connectivity index (χ1) is 16.0. The van der Waals surface area contributed by atoms with E-state index in [2.05, 4.69) is 20.4 Å². The third-order valence-corrected chi connectivity index (χ3v) is 5.20. The van der Waals surface area contributed by atoms with Crippen molar-refractivity contribution in [2.75, 3.05) is 5.32 Å². The second-order valence-corrected chi connectivity index (χ2v) is 8.16. The summed E-state index contributed by atoms with van der Waals surface area (Å²) in [7, 11) is 0. The molecule has 170 valence electrons. The molecule has 4 aromatic rings. The second kappa shape index (κ2) is 10.2. The van der Waals surface area contributed by atoms with Gasteiger partial charge in [-0.15, -0.1) is 0 Å². The lowest BCUT2D eigenvalue weighted by atomic mass is 10.1. The number of nitrogens with one attached hydrogen (secondary N) is 1. The average molecular weight is 448 g/mol. The van der Waals surface area contributed by atoms with Crippen molar-refractivity contribution in [1.29, 1.82) is 0 Å². The van der Waals surface area contributed by atoms with Crippen LogP contribution in [0.2, 0.25) is 0 Å². The fraction of sp³-hybridized carbons (Fsp3) is 0.280. The standard InChI is InChI=1S/C25H26FN5O2/c1-17(2)24-29-22(33-30-24)10-6-9-21(32)28-25-23(19-11-13-20(26)14-12-19)27-16-31(25)15-18-7-4-3-5-8-18/h3-5,7-8,11-14,16-17H,6,9-10,15H2,1-2H3,(H,28,32). The highest BCUT2D eigenvalue weighted by molar-refractivity contribution is 5.93. The van der Waals surface area contributed by atoms with Crippen molar-refractivity contribution < 1.29 is 13.7 Å². The van der Waals surface area contributed by atoms with Crippen LogP contribution in [0.1, 0.15) is 49.9 Å². The number of halogens is 1. The molecule has 2 aromatic carbocycles. The summed E-state index contributed by atoms with van der Waals surface area (Å²) in [5.74, 6) is 1.51. The van der Waals surface area contributed by atoms with Crippen molar-refractivity contribution in [3.63, 3.8) is 0 Å². The number of aryl methyl sites for hydroxylation is 1. The monoisotopic (exact) mass is 447 g/mol. The minimum Gasteiger partial charge on any atom is -0.339 e. The molecule has 1 amide bonds. The smallest absolute Gasteiger partial charge is 0.226 e. The van der Waals surface area contributed by atoms with Gasteiger partial charge in [0.2, 0.25) is 11.8 Å². The molecule has 4 rings (SSSR count). The summed E-state index contributed by atoms with van der Waals surface area (Å²) in [4.78, 5) is 21.6. The zero-order valence-electron chi connectivity index (χ0n) is 18.7. The molecule has 0 fully saturated rings. The maximum absolute atomic E-state index is 13.4. The molecule has 0 spiro atoms. The molecule has 8 heteroatoms. The van der Waals surface area contributed by atoms with Crippen LogP contribution in [-0.4, -0.2) is 25.6 Å². The molecule has 2 aromatic heterocycles. The molecular formula is C25H26FN5O2. The van der Waals surface area contributed by atoms with E-state index >= 15 is 0 Å². The van der Waals surface area contributed by atoms with Crippen LogP contribution in [0.5, 0.6) is 0 Å². The van der Waals surface area contributed by atoms with Gasteiger partial charge in [-0.05, 0) is 36.2 Å². The summed E-state index contributed by atoms with van der Waals surface area (Å²) < 4.78 is 20.6. The molecule has 2 heterocycles. The van der Waals surface area contributed by atoms with Crippen LogP contribution in [0.25, 0.3) is 11.3 Å². The summed E-state index contributed by atoms with van der Waals surface area (Å²) in [6, 6.07) is 16.0. The second-order valence-electron chi connectivity index (χ2n) is 8.16. The van der Waals surface area contributed by atoms with Crippen molar-refractivity contribution >= 4 is 11.7 Å². The minimum atomic E-state index is -0.324. The first kappa shape index (κ1) is 22.4. The van der Waals surface area contributed by atoms with Crippen LogP contribution < -0.4 is 5.32 Å². The Hall–Kier alpha value is -3.81. The van der Waals surface area contributed by atoms with Gasteiger partial charge in [0.25, 0.3) is 0 Å². The number of hydrogen-bond acceptors (Lipinski definition) is 5. The summed E-state index contributed by atoms with van der Waals surface area (Å²) in [5.41, 5.74) is 2.40. The van der Waals surface area contributed by atoms with Gasteiger partial charge in [0.05, 0.1) is 12.9 Å². The first-order valence-electron chi connectivity index (χ1n) is 11.0. The lowest BCUT2D eigenvalue weighted by molar-refractivity contribution is -0.116. The molecular weight excluding hydrogens is 421 g/mol. The van der Waals surface area contributed by atoms with Gasteiger partial charge in [-0.3, -0.25) is 4.79 Å². The maximum Gasteiger partial charge on any atom is 0.226 e. The molecule has 33 heavy (non-hydrogen) atoms. The van der Waals surface area contributed by atoms with Crippen molar-refractivity contribution in [3.8, 4) is 11.3 Å². The van der Waals surface area contributed by atoms with E-state index in [1.165, 1.54) is 12.1 Å². The normalized spacial score (nSPS) is 11.2. The van der Waals surface area contributed by atoms with Gasteiger partial charge in [0, 0.05) is 24.3 Å². The van der Waals surface area contributed by atoms with E-state index < -0.39 is 0 Å². The zero-order valence-corrected chi connectivity index (χ0v) is 18.7. The highest BCUT2D eigenvalue weighted by Crippen LogP contribution is 2.28. The summed E-state index contributed by atoms with van der Waals surface area (Å²) in [6.07, 6.45) is 3.08. The summed E-state index contributed by atoms with van der Waals surface area (Å²) in [6.45, 7) is 4.55. The highest BCUT2D eigenvalue weighted by atomic mass is 19.1. The van der Waals surface area contributed by atoms with Gasteiger partial charge in [-0.2, -0.15) is 4.98 Å². The number of rotatable bonds is 9. The first-order valence-corrected chi connectivity index (χ1v) is 11.0. The molecule has 0 saturated carbocycles. The number of benzene rings is 2. The Morgan fingerprint density at radius 2 is 1.88 bits per heavy atom. The Balaban J connectivity index is 1.48. The Kier molecular flexibility index (Phi) is 6.92. The minimum absolute atomic E-state index is 0.142. The summed E-state index contributed by atoms with van der Waals surface area (Å²) in [5, 5.41) is 6.96. The predicted octanol–water partition coefficient (Wildman–Crippen LogP) is 5.21. The maximum atomic E-state index is 13.4. The van der Waals surface area contributed by atoms with Gasteiger partial charge >= 0.3 is 0 Å². The molecule has 7 nitrogen and oxygen atoms in total. The van der Waals surface area contributed by atoms with E-state index in [0.29, 0.717) is 49.0 Å². The number of amides is 1. The van der Waals surface area contributed by atoms with E-state index in [4.69, 9.17) is 4.52 Å². The third-order valence-electron chi connectivity index (χ3n) is 5.20. The molecule has 0 bridgehead atoms. The average Bonchev–Trinajstić information content (AvgIpc) is 3.43. The van der Waals surface area contributed by atoms with Gasteiger partial charge in [-0.1, -0.05) is 49.3 Å². The Morgan fingerprint density at radius 1 is 1.12 bits per heavy atom. The number of carbonyl (C=O) groups is 1. The molecule has 1 N–H and O–H groups in total. The number of nitrogens with zero attached hydrogens (tertiary/aromatic N) is 4. The van der Waals surface area contributed by atoms with Crippen molar-refractivity contribution in [2.45, 2.75) is 45.6 Å². The predicted molar refractivity (Wildman–Crippen MR) is 123 cm³/mol. The topological polar surface area (TPSA) is 85.8 Å². The molecule has 0 aliphatic heterocycles. The van der Waals surface area contributed by atoms with Crippen LogP contribution in [0, 0.1) is 5.82 Å². The Bertz CT molecular complexity index is 1200. The lowest BCUT2D eigenvalue weighted by Gasteiger charge is -2.12. The number of anilines is 1. The fourth-order valence-electron chi connectivity index (χ4n) is 3.43. The number of aromatic nitrogens is 4. The van der Waals surface area contributed by atoms with E-state index in [1.807, 2.05) is 48.7 Å². The molecule has 0 radical (unpaired) electrons. The number of carbonyl (C=O) groups excluding carboxylic acids is 1. The van der Waals surface area contributed by atoms with Crippen LogP contribution >= 0.6 is 0 Å². The van der Waals surface area contributed by atoms with Gasteiger partial charge in [0.15, 0.2) is 5.82 Å². The van der Waals surface area contributed by atoms with Gasteiger partial charge < -0.3 is 14.4 Å². The Labute approximate surface area is 191 Å². The highest BCUT2D eigenvalue weighted by Gasteiger charge is 2.17. The van der Waals surface area contributed by atoms with E-state index in [-0.39, 0.29) is 17.6 Å². The molecule has 0 atom stereocenters. The van der Waals surface area contributed by atoms with E-state index in [0.717, 1.165) is 11.1 Å². The van der Waals surface area contributed by atoms with Crippen LogP contribution in [0.3, 0.4) is 0 Å². The fourth-order valence-corrected chi connectivity index (χ4v) is 3.43. The van der Waals surface area contributed by atoms with Crippen LogP contribution in [0.15, 0.2) is 65.4 Å². The zero-order chi connectivity index (χ0) is 23.2. The molecule has 0 saturated heterocycles. The quantitative estimate of drug-likeness (QED) is 0.381.